The van der Waals surface area contributed by atoms with Crippen molar-refractivity contribution in [3.05, 3.63) is 41.0 Å². The Bertz CT molecular complexity index is 438. The van der Waals surface area contributed by atoms with Gasteiger partial charge in [-0.25, -0.2) is 4.79 Å². The topological polar surface area (TPSA) is 26.3 Å². The summed E-state index contributed by atoms with van der Waals surface area (Å²) in [6, 6.07) is 5.77. The molecule has 0 spiro atoms. The first kappa shape index (κ1) is 13.5. The lowest BCUT2D eigenvalue weighted by Crippen LogP contribution is -2.05. The lowest BCUT2D eigenvalue weighted by molar-refractivity contribution is -0.129. The van der Waals surface area contributed by atoms with Gasteiger partial charge in [0, 0.05) is 6.08 Å². The molecule has 0 radical (unpaired) electrons. The van der Waals surface area contributed by atoms with E-state index < -0.39 is 0 Å². The van der Waals surface area contributed by atoms with Gasteiger partial charge in [0.25, 0.3) is 0 Å². The highest BCUT2D eigenvalue weighted by atomic mass is 16.5. The Morgan fingerprint density at radius 2 is 1.94 bits per heavy atom. The highest BCUT2D eigenvalue weighted by Gasteiger charge is 2.06. The van der Waals surface area contributed by atoms with Crippen LogP contribution in [0, 0.1) is 6.92 Å². The van der Waals surface area contributed by atoms with E-state index in [1.165, 1.54) is 11.6 Å². The normalized spacial score (nSPS) is 10.2. The van der Waals surface area contributed by atoms with Gasteiger partial charge in [-0.3, -0.25) is 0 Å². The summed E-state index contributed by atoms with van der Waals surface area (Å²) in [5, 5.41) is 0. The monoisotopic (exact) mass is 232 g/mol. The van der Waals surface area contributed by atoms with E-state index in [4.69, 9.17) is 4.74 Å². The number of ether oxygens (including phenoxy) is 1. The zero-order chi connectivity index (χ0) is 13.0. The summed E-state index contributed by atoms with van der Waals surface area (Å²) in [5.41, 5.74) is 3.38. The van der Waals surface area contributed by atoms with Crippen LogP contribution in [0.25, 0.3) is 0 Å². The fourth-order valence-electron chi connectivity index (χ4n) is 1.74. The Balaban J connectivity index is 2.85. The molecule has 0 aliphatic rings. The number of benzene rings is 1. The molecule has 0 N–H and O–H groups in total. The van der Waals surface area contributed by atoms with Crippen molar-refractivity contribution in [2.75, 3.05) is 0 Å². The number of aryl methyl sites for hydroxylation is 1. The van der Waals surface area contributed by atoms with Crippen molar-refractivity contribution in [2.45, 2.75) is 40.5 Å². The fourth-order valence-corrected chi connectivity index (χ4v) is 1.74. The van der Waals surface area contributed by atoms with Gasteiger partial charge in [-0.1, -0.05) is 25.5 Å². The second-order valence-electron chi connectivity index (χ2n) is 4.82. The van der Waals surface area contributed by atoms with E-state index in [9.17, 15) is 4.79 Å². The van der Waals surface area contributed by atoms with Gasteiger partial charge in [0.15, 0.2) is 0 Å². The molecule has 17 heavy (non-hydrogen) atoms. The Hall–Kier alpha value is -1.57. The minimum Gasteiger partial charge on any atom is -0.423 e. The van der Waals surface area contributed by atoms with E-state index in [1.54, 1.807) is 0 Å². The number of carbonyl (C=O) groups excluding carboxylic acids is 1. The third kappa shape index (κ3) is 4.06. The Labute approximate surface area is 103 Å². The highest BCUT2D eigenvalue weighted by Crippen LogP contribution is 2.23. The van der Waals surface area contributed by atoms with Gasteiger partial charge in [0.1, 0.15) is 5.75 Å². The van der Waals surface area contributed by atoms with Crippen LogP contribution in [0.5, 0.6) is 5.75 Å². The molecule has 0 amide bonds. The summed E-state index contributed by atoms with van der Waals surface area (Å²) >= 11 is 0. The van der Waals surface area contributed by atoms with E-state index in [-0.39, 0.29) is 5.97 Å². The molecular formula is C15H20O2. The van der Waals surface area contributed by atoms with E-state index in [1.807, 2.05) is 39.0 Å². The van der Waals surface area contributed by atoms with E-state index in [0.29, 0.717) is 11.7 Å². The molecular weight excluding hydrogens is 212 g/mol. The van der Waals surface area contributed by atoms with Crippen LogP contribution in [-0.2, 0) is 4.79 Å². The summed E-state index contributed by atoms with van der Waals surface area (Å²) in [7, 11) is 0. The van der Waals surface area contributed by atoms with Gasteiger partial charge >= 0.3 is 5.97 Å². The maximum Gasteiger partial charge on any atom is 0.336 e. The SMILES string of the molecule is CC(C)=CC(=O)Oc1ccc(C(C)C)c(C)c1. The minimum absolute atomic E-state index is 0.318. The van der Waals surface area contributed by atoms with Crippen molar-refractivity contribution in [3.63, 3.8) is 0 Å². The van der Waals surface area contributed by atoms with Crippen LogP contribution in [0.15, 0.2) is 29.8 Å². The molecule has 1 aromatic rings. The number of hydrogen-bond donors (Lipinski definition) is 0. The predicted molar refractivity (Wildman–Crippen MR) is 70.3 cm³/mol. The van der Waals surface area contributed by atoms with Crippen molar-refractivity contribution in [3.8, 4) is 5.75 Å². The van der Waals surface area contributed by atoms with Crippen LogP contribution < -0.4 is 4.74 Å². The number of allylic oxidation sites excluding steroid dienone is 1. The smallest absolute Gasteiger partial charge is 0.336 e. The molecule has 0 fully saturated rings. The van der Waals surface area contributed by atoms with Gasteiger partial charge in [0.05, 0.1) is 0 Å². The maximum atomic E-state index is 11.5. The fraction of sp³-hybridized carbons (Fsp3) is 0.400. The standard InChI is InChI=1S/C15H20O2/c1-10(2)8-15(16)17-13-6-7-14(11(3)4)12(5)9-13/h6-9,11H,1-5H3. The van der Waals surface area contributed by atoms with Crippen molar-refractivity contribution < 1.29 is 9.53 Å². The number of hydrogen-bond acceptors (Lipinski definition) is 2. The highest BCUT2D eigenvalue weighted by molar-refractivity contribution is 5.84. The largest absolute Gasteiger partial charge is 0.423 e. The van der Waals surface area contributed by atoms with Crippen LogP contribution in [0.4, 0.5) is 0 Å². The third-order valence-electron chi connectivity index (χ3n) is 2.49. The third-order valence-corrected chi connectivity index (χ3v) is 2.49. The summed E-state index contributed by atoms with van der Waals surface area (Å²) in [5.74, 6) is 0.772. The molecule has 0 saturated heterocycles. The predicted octanol–water partition coefficient (Wildman–Crippen LogP) is 3.99. The Kier molecular flexibility index (Phi) is 4.50. The molecule has 2 heteroatoms. The van der Waals surface area contributed by atoms with Gasteiger partial charge in [0.2, 0.25) is 0 Å². The Morgan fingerprint density at radius 3 is 2.41 bits per heavy atom. The van der Waals surface area contributed by atoms with Crippen LogP contribution in [0.2, 0.25) is 0 Å². The summed E-state index contributed by atoms with van der Waals surface area (Å²) in [4.78, 5) is 11.5. The van der Waals surface area contributed by atoms with Crippen LogP contribution in [-0.4, -0.2) is 5.97 Å². The van der Waals surface area contributed by atoms with Crippen molar-refractivity contribution in [1.29, 1.82) is 0 Å². The second-order valence-corrected chi connectivity index (χ2v) is 4.82. The van der Waals surface area contributed by atoms with E-state index >= 15 is 0 Å². The molecule has 2 nitrogen and oxygen atoms in total. The molecule has 0 bridgehead atoms. The number of rotatable bonds is 3. The first-order chi connectivity index (χ1) is 7.90. The molecule has 0 aliphatic heterocycles. The lowest BCUT2D eigenvalue weighted by Gasteiger charge is -2.11. The first-order valence-corrected chi connectivity index (χ1v) is 5.87. The molecule has 0 aliphatic carbocycles. The molecule has 1 aromatic carbocycles. The number of carbonyl (C=O) groups is 1. The van der Waals surface area contributed by atoms with Gasteiger partial charge in [-0.05, 0) is 49.9 Å². The summed E-state index contributed by atoms with van der Waals surface area (Å²) < 4.78 is 5.23. The zero-order valence-corrected chi connectivity index (χ0v) is 11.2. The molecule has 0 unspecified atom stereocenters. The molecule has 1 rings (SSSR count). The van der Waals surface area contributed by atoms with Crippen LogP contribution in [0.3, 0.4) is 0 Å². The van der Waals surface area contributed by atoms with Crippen LogP contribution in [0.1, 0.15) is 44.7 Å². The van der Waals surface area contributed by atoms with Gasteiger partial charge < -0.3 is 4.74 Å². The van der Waals surface area contributed by atoms with Gasteiger partial charge in [-0.2, -0.15) is 0 Å². The van der Waals surface area contributed by atoms with Crippen molar-refractivity contribution in [1.82, 2.24) is 0 Å². The first-order valence-electron chi connectivity index (χ1n) is 5.87. The van der Waals surface area contributed by atoms with E-state index in [2.05, 4.69) is 13.8 Å². The zero-order valence-electron chi connectivity index (χ0n) is 11.2. The minimum atomic E-state index is -0.318. The molecule has 0 atom stereocenters. The molecule has 92 valence electrons. The Morgan fingerprint density at radius 1 is 1.29 bits per heavy atom. The molecule has 0 saturated carbocycles. The average molecular weight is 232 g/mol. The quantitative estimate of drug-likeness (QED) is 0.447. The van der Waals surface area contributed by atoms with Crippen molar-refractivity contribution in [2.24, 2.45) is 0 Å². The molecule has 0 heterocycles. The van der Waals surface area contributed by atoms with Crippen molar-refractivity contribution >= 4 is 5.97 Å². The maximum absolute atomic E-state index is 11.5. The van der Waals surface area contributed by atoms with E-state index in [0.717, 1.165) is 11.1 Å². The summed E-state index contributed by atoms with van der Waals surface area (Å²) in [6.45, 7) is 10.1. The second kappa shape index (κ2) is 5.67. The van der Waals surface area contributed by atoms with Gasteiger partial charge in [-0.15, -0.1) is 0 Å². The lowest BCUT2D eigenvalue weighted by atomic mass is 9.98. The molecule has 0 aromatic heterocycles. The number of esters is 1. The van der Waals surface area contributed by atoms with Crippen LogP contribution >= 0.6 is 0 Å². The average Bonchev–Trinajstić information content (AvgIpc) is 2.15. The summed E-state index contributed by atoms with van der Waals surface area (Å²) in [6.07, 6.45) is 1.49.